The van der Waals surface area contributed by atoms with E-state index in [9.17, 15) is 0 Å². The van der Waals surface area contributed by atoms with Crippen LogP contribution in [0.5, 0.6) is 0 Å². The van der Waals surface area contributed by atoms with Crippen molar-refractivity contribution in [2.24, 2.45) is 16.9 Å². The van der Waals surface area contributed by atoms with Crippen molar-refractivity contribution in [2.75, 3.05) is 13.1 Å². The molecule has 0 aromatic carbocycles. The molecule has 1 fully saturated rings. The summed E-state index contributed by atoms with van der Waals surface area (Å²) in [6, 6.07) is 0. The van der Waals surface area contributed by atoms with Crippen LogP contribution >= 0.6 is 0 Å². The van der Waals surface area contributed by atoms with E-state index >= 15 is 0 Å². The highest BCUT2D eigenvalue weighted by molar-refractivity contribution is 4.93. The Morgan fingerprint density at radius 1 is 1.25 bits per heavy atom. The Morgan fingerprint density at radius 2 is 1.88 bits per heavy atom. The Labute approximate surface area is 50.2 Å². The van der Waals surface area contributed by atoms with Gasteiger partial charge in [-0.3, -0.25) is 0 Å². The second kappa shape index (κ2) is 2.03. The quantitative estimate of drug-likeness (QED) is 0.545. The summed E-state index contributed by atoms with van der Waals surface area (Å²) in [6.07, 6.45) is 3.74. The molecule has 0 heterocycles. The van der Waals surface area contributed by atoms with Crippen LogP contribution in [0.2, 0.25) is 0 Å². The first-order valence-corrected chi connectivity index (χ1v) is 3.23. The monoisotopic (exact) mass is 114 g/mol. The molecule has 8 heavy (non-hydrogen) atoms. The van der Waals surface area contributed by atoms with Crippen molar-refractivity contribution in [1.29, 1.82) is 0 Å². The molecule has 1 aliphatic rings. The number of rotatable bonds is 3. The molecule has 0 aromatic rings. The lowest BCUT2D eigenvalue weighted by Gasteiger charge is -2.07. The Bertz CT molecular complexity index is 76.6. The summed E-state index contributed by atoms with van der Waals surface area (Å²) in [6.45, 7) is 1.64. The first-order valence-electron chi connectivity index (χ1n) is 3.23. The molecule has 48 valence electrons. The van der Waals surface area contributed by atoms with Gasteiger partial charge in [0, 0.05) is 0 Å². The number of hydrogen-bond acceptors (Lipinski definition) is 2. The smallest absolute Gasteiger partial charge is 0.00201 e. The third-order valence-electron chi connectivity index (χ3n) is 2.06. The lowest BCUT2D eigenvalue weighted by molar-refractivity contribution is 0.486. The van der Waals surface area contributed by atoms with Crippen molar-refractivity contribution in [3.05, 3.63) is 0 Å². The van der Waals surface area contributed by atoms with Crippen LogP contribution in [0.3, 0.4) is 0 Å². The standard InChI is InChI=1S/C6H14N2/c7-4-3-6(5-8)1-2-6/h1-5,7-8H2. The van der Waals surface area contributed by atoms with Gasteiger partial charge in [-0.15, -0.1) is 0 Å². The molecule has 2 heteroatoms. The topological polar surface area (TPSA) is 52.0 Å². The highest BCUT2D eigenvalue weighted by Crippen LogP contribution is 2.47. The fraction of sp³-hybridized carbons (Fsp3) is 1.00. The molecule has 0 radical (unpaired) electrons. The molecule has 0 spiro atoms. The van der Waals surface area contributed by atoms with E-state index in [0.29, 0.717) is 5.41 Å². The fourth-order valence-corrected chi connectivity index (χ4v) is 1.04. The summed E-state index contributed by atoms with van der Waals surface area (Å²) in [7, 11) is 0. The lowest BCUT2D eigenvalue weighted by atomic mass is 10.0. The average molecular weight is 114 g/mol. The van der Waals surface area contributed by atoms with E-state index in [1.165, 1.54) is 12.8 Å². The molecule has 1 saturated carbocycles. The minimum absolute atomic E-state index is 0.495. The molecule has 1 rings (SSSR count). The van der Waals surface area contributed by atoms with E-state index in [-0.39, 0.29) is 0 Å². The van der Waals surface area contributed by atoms with Crippen molar-refractivity contribution < 1.29 is 0 Å². The second-order valence-corrected chi connectivity index (χ2v) is 2.74. The maximum Gasteiger partial charge on any atom is -0.00201 e. The average Bonchev–Trinajstić information content (AvgIpc) is 2.50. The summed E-state index contributed by atoms with van der Waals surface area (Å²) < 4.78 is 0. The van der Waals surface area contributed by atoms with E-state index in [1.54, 1.807) is 0 Å². The van der Waals surface area contributed by atoms with Gasteiger partial charge in [0.05, 0.1) is 0 Å². The van der Waals surface area contributed by atoms with E-state index in [1.807, 2.05) is 0 Å². The van der Waals surface area contributed by atoms with E-state index in [2.05, 4.69) is 0 Å². The molecular formula is C6H14N2. The van der Waals surface area contributed by atoms with Gasteiger partial charge in [-0.05, 0) is 37.8 Å². The van der Waals surface area contributed by atoms with Crippen LogP contribution in [0.15, 0.2) is 0 Å². The van der Waals surface area contributed by atoms with Crippen LogP contribution in [-0.2, 0) is 0 Å². The zero-order chi connectivity index (χ0) is 6.04. The summed E-state index contributed by atoms with van der Waals surface area (Å²) in [5.41, 5.74) is 11.4. The number of hydrogen-bond donors (Lipinski definition) is 2. The highest BCUT2D eigenvalue weighted by atomic mass is 14.7. The SMILES string of the molecule is NCCC1(CN)CC1. The molecule has 0 atom stereocenters. The van der Waals surface area contributed by atoms with Gasteiger partial charge in [0.2, 0.25) is 0 Å². The van der Waals surface area contributed by atoms with Crippen molar-refractivity contribution in [3.63, 3.8) is 0 Å². The summed E-state index contributed by atoms with van der Waals surface area (Å²) in [4.78, 5) is 0. The van der Waals surface area contributed by atoms with Crippen molar-refractivity contribution >= 4 is 0 Å². The first-order chi connectivity index (χ1) is 3.83. The minimum Gasteiger partial charge on any atom is -0.330 e. The molecule has 0 amide bonds. The molecular weight excluding hydrogens is 100 g/mol. The summed E-state index contributed by atoms with van der Waals surface area (Å²) in [5, 5.41) is 0. The van der Waals surface area contributed by atoms with Gasteiger partial charge in [-0.1, -0.05) is 0 Å². The molecule has 0 saturated heterocycles. The zero-order valence-electron chi connectivity index (χ0n) is 5.19. The van der Waals surface area contributed by atoms with Crippen molar-refractivity contribution in [1.82, 2.24) is 0 Å². The van der Waals surface area contributed by atoms with E-state index in [0.717, 1.165) is 19.5 Å². The maximum atomic E-state index is 5.50. The summed E-state index contributed by atoms with van der Waals surface area (Å²) in [5.74, 6) is 0. The molecule has 0 aliphatic heterocycles. The Kier molecular flexibility index (Phi) is 1.54. The molecule has 0 bridgehead atoms. The normalized spacial score (nSPS) is 23.2. The van der Waals surface area contributed by atoms with Gasteiger partial charge in [-0.2, -0.15) is 0 Å². The van der Waals surface area contributed by atoms with Gasteiger partial charge < -0.3 is 11.5 Å². The van der Waals surface area contributed by atoms with Crippen LogP contribution in [0.25, 0.3) is 0 Å². The van der Waals surface area contributed by atoms with Crippen LogP contribution in [0, 0.1) is 5.41 Å². The molecule has 4 N–H and O–H groups in total. The van der Waals surface area contributed by atoms with E-state index < -0.39 is 0 Å². The van der Waals surface area contributed by atoms with Crippen LogP contribution in [-0.4, -0.2) is 13.1 Å². The Morgan fingerprint density at radius 3 is 2.00 bits per heavy atom. The third-order valence-corrected chi connectivity index (χ3v) is 2.06. The van der Waals surface area contributed by atoms with Gasteiger partial charge in [0.25, 0.3) is 0 Å². The molecule has 1 aliphatic carbocycles. The van der Waals surface area contributed by atoms with Gasteiger partial charge in [0.1, 0.15) is 0 Å². The van der Waals surface area contributed by atoms with Crippen molar-refractivity contribution in [2.45, 2.75) is 19.3 Å². The largest absolute Gasteiger partial charge is 0.330 e. The van der Waals surface area contributed by atoms with Crippen LogP contribution < -0.4 is 11.5 Å². The third kappa shape index (κ3) is 1.01. The van der Waals surface area contributed by atoms with Gasteiger partial charge in [-0.25, -0.2) is 0 Å². The summed E-state index contributed by atoms with van der Waals surface area (Å²) >= 11 is 0. The lowest BCUT2D eigenvalue weighted by Crippen LogP contribution is -2.18. The van der Waals surface area contributed by atoms with Gasteiger partial charge >= 0.3 is 0 Å². The second-order valence-electron chi connectivity index (χ2n) is 2.74. The first kappa shape index (κ1) is 6.05. The predicted molar refractivity (Wildman–Crippen MR) is 34.4 cm³/mol. The zero-order valence-corrected chi connectivity index (χ0v) is 5.19. The van der Waals surface area contributed by atoms with Gasteiger partial charge in [0.15, 0.2) is 0 Å². The Hall–Kier alpha value is -0.0800. The molecule has 0 unspecified atom stereocenters. The van der Waals surface area contributed by atoms with E-state index in [4.69, 9.17) is 11.5 Å². The van der Waals surface area contributed by atoms with Crippen LogP contribution in [0.1, 0.15) is 19.3 Å². The van der Waals surface area contributed by atoms with Crippen LogP contribution in [0.4, 0.5) is 0 Å². The number of nitrogens with two attached hydrogens (primary N) is 2. The fourth-order valence-electron chi connectivity index (χ4n) is 1.04. The molecule has 0 aromatic heterocycles. The molecule has 2 nitrogen and oxygen atoms in total. The minimum atomic E-state index is 0.495. The predicted octanol–water partition coefficient (Wildman–Crippen LogP) is 0.0741. The van der Waals surface area contributed by atoms with Crippen molar-refractivity contribution in [3.8, 4) is 0 Å². The maximum absolute atomic E-state index is 5.50. The Balaban J connectivity index is 2.20. The highest BCUT2D eigenvalue weighted by Gasteiger charge is 2.39.